The van der Waals surface area contributed by atoms with Crippen LogP contribution in [-0.4, -0.2) is 21.1 Å². The van der Waals surface area contributed by atoms with Crippen molar-refractivity contribution in [1.29, 1.82) is 0 Å². The molecule has 0 N–H and O–H groups in total. The van der Waals surface area contributed by atoms with Crippen molar-refractivity contribution < 1.29 is 9.66 Å². The number of hydrogen-bond donors (Lipinski definition) is 0. The maximum atomic E-state index is 10.7. The number of rotatable bonds is 5. The molecule has 6 nitrogen and oxygen atoms in total. The quantitative estimate of drug-likeness (QED) is 0.371. The standard InChI is InChI=1S/C11H9I2N3O3/c12-8-1-2-10(9(13)7-8)19-6-5-15-4-3-14-11(15)16(17)18/h1-4,7H,5-6H2. The lowest BCUT2D eigenvalue weighted by molar-refractivity contribution is -0.396. The molecule has 1 aromatic carbocycles. The average molecular weight is 485 g/mol. The van der Waals surface area contributed by atoms with Gasteiger partial charge in [0.1, 0.15) is 31.3 Å². The van der Waals surface area contributed by atoms with E-state index in [4.69, 9.17) is 4.74 Å². The van der Waals surface area contributed by atoms with Crippen LogP contribution in [0.25, 0.3) is 0 Å². The van der Waals surface area contributed by atoms with E-state index in [1.54, 1.807) is 6.20 Å². The summed E-state index contributed by atoms with van der Waals surface area (Å²) in [5.74, 6) is 0.615. The van der Waals surface area contributed by atoms with E-state index in [0.29, 0.717) is 13.2 Å². The second kappa shape index (κ2) is 6.50. The normalized spacial score (nSPS) is 10.4. The Balaban J connectivity index is 1.96. The van der Waals surface area contributed by atoms with Gasteiger partial charge in [0, 0.05) is 3.57 Å². The first-order chi connectivity index (χ1) is 9.08. The summed E-state index contributed by atoms with van der Waals surface area (Å²) in [5.41, 5.74) is 0. The van der Waals surface area contributed by atoms with Gasteiger partial charge in [-0.1, -0.05) is 4.98 Å². The Morgan fingerprint density at radius 3 is 2.89 bits per heavy atom. The summed E-state index contributed by atoms with van der Waals surface area (Å²) < 4.78 is 9.23. The fourth-order valence-corrected chi connectivity index (χ4v) is 3.25. The van der Waals surface area contributed by atoms with Crippen molar-refractivity contribution in [3.63, 3.8) is 0 Å². The lowest BCUT2D eigenvalue weighted by Crippen LogP contribution is -2.10. The predicted molar refractivity (Wildman–Crippen MR) is 86.3 cm³/mol. The highest BCUT2D eigenvalue weighted by Crippen LogP contribution is 2.23. The van der Waals surface area contributed by atoms with E-state index in [2.05, 4.69) is 50.2 Å². The molecule has 0 aliphatic carbocycles. The van der Waals surface area contributed by atoms with E-state index in [0.717, 1.165) is 12.9 Å². The summed E-state index contributed by atoms with van der Waals surface area (Å²) in [4.78, 5) is 13.9. The highest BCUT2D eigenvalue weighted by Gasteiger charge is 2.13. The van der Waals surface area contributed by atoms with Crippen LogP contribution in [0.3, 0.4) is 0 Å². The van der Waals surface area contributed by atoms with Crippen molar-refractivity contribution in [3.05, 3.63) is 47.8 Å². The van der Waals surface area contributed by atoms with Crippen molar-refractivity contribution in [3.8, 4) is 5.75 Å². The summed E-state index contributed by atoms with van der Waals surface area (Å²) in [6.45, 7) is 0.742. The molecule has 0 fully saturated rings. The highest BCUT2D eigenvalue weighted by atomic mass is 127. The molecule has 19 heavy (non-hydrogen) atoms. The van der Waals surface area contributed by atoms with Crippen molar-refractivity contribution >= 4 is 51.1 Å². The van der Waals surface area contributed by atoms with Crippen LogP contribution in [-0.2, 0) is 6.54 Å². The summed E-state index contributed by atoms with van der Waals surface area (Å²) in [7, 11) is 0. The molecule has 1 aromatic heterocycles. The van der Waals surface area contributed by atoms with Crippen molar-refractivity contribution in [2.75, 3.05) is 6.61 Å². The lowest BCUT2D eigenvalue weighted by Gasteiger charge is -2.08. The van der Waals surface area contributed by atoms with Crippen LogP contribution in [0.4, 0.5) is 5.95 Å². The Bertz CT molecular complexity index is 601. The first-order valence-corrected chi connectivity index (χ1v) is 7.47. The molecule has 0 unspecified atom stereocenters. The number of benzene rings is 1. The minimum atomic E-state index is -0.505. The zero-order valence-electron chi connectivity index (χ0n) is 9.62. The molecule has 8 heteroatoms. The third-order valence-corrected chi connectivity index (χ3v) is 3.85. The molecule has 0 saturated carbocycles. The van der Waals surface area contributed by atoms with Crippen molar-refractivity contribution in [2.45, 2.75) is 6.54 Å². The number of ether oxygens (including phenoxy) is 1. The summed E-state index contributed by atoms with van der Waals surface area (Å²) in [6.07, 6.45) is 2.98. The van der Waals surface area contributed by atoms with Crippen LogP contribution in [0.2, 0.25) is 0 Å². The molecule has 2 aromatic rings. The van der Waals surface area contributed by atoms with Crippen LogP contribution < -0.4 is 4.74 Å². The van der Waals surface area contributed by atoms with E-state index < -0.39 is 4.92 Å². The first-order valence-electron chi connectivity index (χ1n) is 5.31. The number of imidazole rings is 1. The summed E-state index contributed by atoms with van der Waals surface area (Å²) >= 11 is 4.43. The van der Waals surface area contributed by atoms with Crippen molar-refractivity contribution in [1.82, 2.24) is 9.55 Å². The fourth-order valence-electron chi connectivity index (χ4n) is 1.49. The molecule has 0 spiro atoms. The minimum absolute atomic E-state index is 0.166. The second-order valence-corrected chi connectivity index (χ2v) is 6.01. The molecular weight excluding hydrogens is 476 g/mol. The van der Waals surface area contributed by atoms with E-state index in [9.17, 15) is 10.1 Å². The maximum Gasteiger partial charge on any atom is 0.434 e. The number of hydrogen-bond acceptors (Lipinski definition) is 4. The molecule has 100 valence electrons. The Kier molecular flexibility index (Phi) is 4.96. The van der Waals surface area contributed by atoms with Crippen LogP contribution in [0.1, 0.15) is 0 Å². The van der Waals surface area contributed by atoms with Crippen LogP contribution >= 0.6 is 45.2 Å². The van der Waals surface area contributed by atoms with Gasteiger partial charge in [0.05, 0.1) is 3.57 Å². The lowest BCUT2D eigenvalue weighted by atomic mass is 10.3. The smallest absolute Gasteiger partial charge is 0.434 e. The van der Waals surface area contributed by atoms with E-state index in [-0.39, 0.29) is 5.95 Å². The molecule has 0 saturated heterocycles. The Hall–Kier alpha value is -0.910. The van der Waals surface area contributed by atoms with Gasteiger partial charge in [-0.3, -0.25) is 0 Å². The van der Waals surface area contributed by atoms with E-state index >= 15 is 0 Å². The predicted octanol–water partition coefficient (Wildman–Crippen LogP) is 3.08. The van der Waals surface area contributed by atoms with Gasteiger partial charge in [0.25, 0.3) is 0 Å². The average Bonchev–Trinajstić information content (AvgIpc) is 2.80. The van der Waals surface area contributed by atoms with Gasteiger partial charge >= 0.3 is 5.95 Å². The molecule has 2 rings (SSSR count). The third kappa shape index (κ3) is 3.78. The maximum absolute atomic E-state index is 10.7. The number of aromatic nitrogens is 2. The van der Waals surface area contributed by atoms with Crippen LogP contribution in [0, 0.1) is 17.3 Å². The highest BCUT2D eigenvalue weighted by molar-refractivity contribution is 14.1. The Morgan fingerprint density at radius 2 is 2.21 bits per heavy atom. The molecule has 1 heterocycles. The zero-order valence-corrected chi connectivity index (χ0v) is 13.9. The van der Waals surface area contributed by atoms with Gasteiger partial charge in [-0.15, -0.1) is 0 Å². The van der Waals surface area contributed by atoms with Gasteiger partial charge in [0.2, 0.25) is 0 Å². The van der Waals surface area contributed by atoms with Crippen molar-refractivity contribution in [2.24, 2.45) is 0 Å². The monoisotopic (exact) mass is 485 g/mol. The molecule has 0 aliphatic heterocycles. The Labute approximate surface area is 136 Å². The molecule has 0 radical (unpaired) electrons. The topological polar surface area (TPSA) is 70.2 Å². The summed E-state index contributed by atoms with van der Waals surface area (Å²) in [5, 5.41) is 10.7. The van der Waals surface area contributed by atoms with E-state index in [1.807, 2.05) is 18.2 Å². The molecule has 0 bridgehead atoms. The largest absolute Gasteiger partial charge is 0.489 e. The number of nitro groups is 1. The fraction of sp³-hybridized carbons (Fsp3) is 0.182. The first kappa shape index (κ1) is 14.5. The van der Waals surface area contributed by atoms with Crippen LogP contribution in [0.5, 0.6) is 5.75 Å². The minimum Gasteiger partial charge on any atom is -0.489 e. The van der Waals surface area contributed by atoms with Gasteiger partial charge in [-0.2, -0.15) is 0 Å². The Morgan fingerprint density at radius 1 is 1.42 bits per heavy atom. The molecule has 0 amide bonds. The van der Waals surface area contributed by atoms with Gasteiger partial charge in [-0.25, -0.2) is 4.57 Å². The summed E-state index contributed by atoms with van der Waals surface area (Å²) in [6, 6.07) is 5.86. The van der Waals surface area contributed by atoms with Crippen LogP contribution in [0.15, 0.2) is 30.6 Å². The molecule has 0 aliphatic rings. The molecular formula is C11H9I2N3O3. The SMILES string of the molecule is O=[N+]([O-])c1nccn1CCOc1ccc(I)cc1I. The molecule has 0 atom stereocenters. The zero-order chi connectivity index (χ0) is 13.8. The van der Waals surface area contributed by atoms with Gasteiger partial charge < -0.3 is 14.9 Å². The number of halogens is 2. The third-order valence-electron chi connectivity index (χ3n) is 2.34. The number of nitrogens with zero attached hydrogens (tertiary/aromatic N) is 3. The van der Waals surface area contributed by atoms with Gasteiger partial charge in [0.15, 0.2) is 0 Å². The second-order valence-electron chi connectivity index (χ2n) is 3.60. The van der Waals surface area contributed by atoms with E-state index in [1.165, 1.54) is 10.8 Å². The van der Waals surface area contributed by atoms with Gasteiger partial charge in [-0.05, 0) is 68.3 Å².